The fourth-order valence-electron chi connectivity index (χ4n) is 3.49. The van der Waals surface area contributed by atoms with E-state index in [-0.39, 0.29) is 5.56 Å². The summed E-state index contributed by atoms with van der Waals surface area (Å²) in [6, 6.07) is 20.9. The lowest BCUT2D eigenvalue weighted by atomic mass is 9.96. The van der Waals surface area contributed by atoms with Gasteiger partial charge in [0.05, 0.1) is 5.69 Å². The first kappa shape index (κ1) is 19.6. The fraction of sp³-hybridized carbons (Fsp3) is 0.0833. The van der Waals surface area contributed by atoms with E-state index in [0.717, 1.165) is 28.2 Å². The molecule has 30 heavy (non-hydrogen) atoms. The Morgan fingerprint density at radius 1 is 0.900 bits per heavy atom. The Balaban J connectivity index is 1.80. The van der Waals surface area contributed by atoms with Gasteiger partial charge < -0.3 is 0 Å². The molecule has 4 aromatic rings. The molecule has 3 nitrogen and oxygen atoms in total. The van der Waals surface area contributed by atoms with Crippen LogP contribution < -0.4 is 0 Å². The molecule has 0 amide bonds. The van der Waals surface area contributed by atoms with Crippen molar-refractivity contribution < 1.29 is 18.0 Å². The number of hydrogen-bond donors (Lipinski definition) is 0. The summed E-state index contributed by atoms with van der Waals surface area (Å²) < 4.78 is 40.5. The first-order chi connectivity index (χ1) is 14.4. The van der Waals surface area contributed by atoms with Crippen LogP contribution >= 0.6 is 0 Å². The summed E-state index contributed by atoms with van der Waals surface area (Å²) in [4.78, 5) is 16.1. The van der Waals surface area contributed by atoms with Crippen molar-refractivity contribution in [3.63, 3.8) is 0 Å². The highest BCUT2D eigenvalue weighted by molar-refractivity contribution is 6.01. The Morgan fingerprint density at radius 2 is 1.60 bits per heavy atom. The van der Waals surface area contributed by atoms with Gasteiger partial charge in [-0.3, -0.25) is 9.36 Å². The fourth-order valence-corrected chi connectivity index (χ4v) is 3.49. The molecule has 0 fully saturated rings. The number of hydrogen-bond acceptors (Lipinski definition) is 2. The van der Waals surface area contributed by atoms with Crippen LogP contribution in [0.4, 0.5) is 13.2 Å². The minimum Gasteiger partial charge on any atom is -0.300 e. The average Bonchev–Trinajstić information content (AvgIpc) is 3.23. The largest absolute Gasteiger partial charge is 0.454 e. The SMILES string of the molecule is Cc1c(-c2cccc(C(=O)C(F)(F)F)c2)cccc1-n1ccnc1-c1ccccc1. The summed E-state index contributed by atoms with van der Waals surface area (Å²) in [5, 5.41) is 0. The van der Waals surface area contributed by atoms with Crippen LogP contribution in [0.1, 0.15) is 15.9 Å². The monoisotopic (exact) mass is 406 g/mol. The Labute approximate surface area is 171 Å². The molecule has 0 spiro atoms. The van der Waals surface area contributed by atoms with Crippen molar-refractivity contribution in [1.29, 1.82) is 0 Å². The first-order valence-corrected chi connectivity index (χ1v) is 9.27. The maximum atomic E-state index is 12.8. The van der Waals surface area contributed by atoms with Gasteiger partial charge >= 0.3 is 6.18 Å². The van der Waals surface area contributed by atoms with Crippen molar-refractivity contribution >= 4 is 5.78 Å². The van der Waals surface area contributed by atoms with Gasteiger partial charge in [-0.25, -0.2) is 4.98 Å². The van der Waals surface area contributed by atoms with Gasteiger partial charge in [0.25, 0.3) is 5.78 Å². The van der Waals surface area contributed by atoms with Crippen molar-refractivity contribution in [2.75, 3.05) is 0 Å². The van der Waals surface area contributed by atoms with Gasteiger partial charge in [0, 0.05) is 23.5 Å². The zero-order valence-corrected chi connectivity index (χ0v) is 16.0. The number of ketones is 1. The summed E-state index contributed by atoms with van der Waals surface area (Å²) in [5.41, 5.74) is 3.59. The maximum Gasteiger partial charge on any atom is 0.454 e. The maximum absolute atomic E-state index is 12.8. The van der Waals surface area contributed by atoms with Gasteiger partial charge in [-0.2, -0.15) is 13.2 Å². The Hall–Kier alpha value is -3.67. The van der Waals surface area contributed by atoms with E-state index in [0.29, 0.717) is 5.56 Å². The zero-order chi connectivity index (χ0) is 21.3. The van der Waals surface area contributed by atoms with Crippen LogP contribution in [0.3, 0.4) is 0 Å². The minimum absolute atomic E-state index is 0.377. The molecule has 3 aromatic carbocycles. The number of halogens is 3. The van der Waals surface area contributed by atoms with Crippen LogP contribution in [0.5, 0.6) is 0 Å². The first-order valence-electron chi connectivity index (χ1n) is 9.27. The molecule has 1 aromatic heterocycles. The highest BCUT2D eigenvalue weighted by Crippen LogP contribution is 2.32. The van der Waals surface area contributed by atoms with Crippen molar-refractivity contribution in [3.8, 4) is 28.2 Å². The van der Waals surface area contributed by atoms with Crippen molar-refractivity contribution in [1.82, 2.24) is 9.55 Å². The van der Waals surface area contributed by atoms with Gasteiger partial charge in [0.1, 0.15) is 5.82 Å². The molecular formula is C24H17F3N2O. The lowest BCUT2D eigenvalue weighted by Crippen LogP contribution is -2.22. The molecule has 0 saturated carbocycles. The summed E-state index contributed by atoms with van der Waals surface area (Å²) in [6.45, 7) is 1.90. The lowest BCUT2D eigenvalue weighted by Gasteiger charge is -2.15. The molecule has 4 rings (SSSR count). The number of carbonyl (C=O) groups is 1. The molecule has 0 atom stereocenters. The molecule has 6 heteroatoms. The predicted octanol–water partition coefficient (Wildman–Crippen LogP) is 6.26. The lowest BCUT2D eigenvalue weighted by molar-refractivity contribution is -0.0885. The van der Waals surface area contributed by atoms with E-state index in [1.54, 1.807) is 12.3 Å². The highest BCUT2D eigenvalue weighted by atomic mass is 19.4. The molecular weight excluding hydrogens is 389 g/mol. The molecule has 0 N–H and O–H groups in total. The molecule has 0 aliphatic carbocycles. The van der Waals surface area contributed by atoms with E-state index in [9.17, 15) is 18.0 Å². The van der Waals surface area contributed by atoms with Gasteiger partial charge in [-0.15, -0.1) is 0 Å². The summed E-state index contributed by atoms with van der Waals surface area (Å²) in [5.74, 6) is -1.09. The number of aromatic nitrogens is 2. The standard InChI is InChI=1S/C24H17F3N2O/c1-16-20(18-9-5-10-19(15-18)22(30)24(25,26)27)11-6-12-21(16)29-14-13-28-23(29)17-7-3-2-4-8-17/h2-15H,1H3. The van der Waals surface area contributed by atoms with Crippen LogP contribution in [0.25, 0.3) is 28.2 Å². The number of alkyl halides is 3. The second kappa shape index (κ2) is 7.63. The molecule has 0 radical (unpaired) electrons. The van der Waals surface area contributed by atoms with Crippen molar-refractivity contribution in [2.45, 2.75) is 13.1 Å². The summed E-state index contributed by atoms with van der Waals surface area (Å²) >= 11 is 0. The molecule has 1 heterocycles. The summed E-state index contributed by atoms with van der Waals surface area (Å²) in [6.07, 6.45) is -1.36. The van der Waals surface area contributed by atoms with Crippen LogP contribution in [-0.2, 0) is 0 Å². The number of rotatable bonds is 4. The predicted molar refractivity (Wildman–Crippen MR) is 110 cm³/mol. The van der Waals surface area contributed by atoms with Crippen molar-refractivity contribution in [3.05, 3.63) is 96.3 Å². The Morgan fingerprint density at radius 3 is 2.33 bits per heavy atom. The van der Waals surface area contributed by atoms with Gasteiger partial charge in [0.2, 0.25) is 0 Å². The van der Waals surface area contributed by atoms with E-state index in [1.807, 2.05) is 66.2 Å². The Bertz CT molecular complexity index is 1210. The average molecular weight is 406 g/mol. The van der Waals surface area contributed by atoms with Gasteiger partial charge in [-0.1, -0.05) is 60.7 Å². The van der Waals surface area contributed by atoms with E-state index < -0.39 is 12.0 Å². The van der Waals surface area contributed by atoms with Crippen LogP contribution in [0, 0.1) is 6.92 Å². The quantitative estimate of drug-likeness (QED) is 0.375. The molecule has 0 saturated heterocycles. The second-order valence-corrected chi connectivity index (χ2v) is 6.84. The molecule has 0 bridgehead atoms. The number of imidazole rings is 1. The zero-order valence-electron chi connectivity index (χ0n) is 16.0. The van der Waals surface area contributed by atoms with Crippen LogP contribution in [-0.4, -0.2) is 21.5 Å². The molecule has 150 valence electrons. The third kappa shape index (κ3) is 3.64. The van der Waals surface area contributed by atoms with Crippen LogP contribution in [0.2, 0.25) is 0 Å². The normalized spacial score (nSPS) is 11.5. The van der Waals surface area contributed by atoms with E-state index in [2.05, 4.69) is 4.98 Å². The van der Waals surface area contributed by atoms with E-state index >= 15 is 0 Å². The smallest absolute Gasteiger partial charge is 0.300 e. The third-order valence-electron chi connectivity index (χ3n) is 4.93. The number of benzene rings is 3. The molecule has 0 unspecified atom stereocenters. The highest BCUT2D eigenvalue weighted by Gasteiger charge is 2.39. The summed E-state index contributed by atoms with van der Waals surface area (Å²) in [7, 11) is 0. The molecule has 0 aliphatic heterocycles. The minimum atomic E-state index is -4.91. The van der Waals surface area contributed by atoms with Gasteiger partial charge in [-0.05, 0) is 35.7 Å². The number of Topliss-reactive ketones (excluding diaryl/α,β-unsaturated/α-hetero) is 1. The Kier molecular flexibility index (Phi) is 4.99. The van der Waals surface area contributed by atoms with Gasteiger partial charge in [0.15, 0.2) is 0 Å². The molecule has 0 aliphatic rings. The number of carbonyl (C=O) groups excluding carboxylic acids is 1. The van der Waals surface area contributed by atoms with E-state index in [1.165, 1.54) is 18.2 Å². The van der Waals surface area contributed by atoms with Crippen molar-refractivity contribution in [2.24, 2.45) is 0 Å². The number of nitrogens with zero attached hydrogens (tertiary/aromatic N) is 2. The topological polar surface area (TPSA) is 34.9 Å². The second-order valence-electron chi connectivity index (χ2n) is 6.84. The van der Waals surface area contributed by atoms with Crippen LogP contribution in [0.15, 0.2) is 85.2 Å². The third-order valence-corrected chi connectivity index (χ3v) is 4.93. The van der Waals surface area contributed by atoms with E-state index in [4.69, 9.17) is 0 Å².